The molecule has 3 aromatic rings. The van der Waals surface area contributed by atoms with Crippen molar-refractivity contribution >= 4 is 29.3 Å². The summed E-state index contributed by atoms with van der Waals surface area (Å²) in [5, 5.41) is 12.0. The zero-order valence-corrected chi connectivity index (χ0v) is 21.0. The molecule has 184 valence electrons. The Morgan fingerprint density at radius 1 is 1.11 bits per heavy atom. The van der Waals surface area contributed by atoms with Crippen molar-refractivity contribution < 1.29 is 19.1 Å². The number of allylic oxidation sites excluding steroid dienone is 1. The molecule has 1 amide bonds. The molecule has 0 aliphatic heterocycles. The smallest absolute Gasteiger partial charge is 0.338 e. The maximum Gasteiger partial charge on any atom is 0.338 e. The van der Waals surface area contributed by atoms with Crippen molar-refractivity contribution in [1.82, 2.24) is 14.8 Å². The first-order valence-corrected chi connectivity index (χ1v) is 12.4. The number of aromatic nitrogens is 3. The third kappa shape index (κ3) is 7.19. The molecule has 8 nitrogen and oxygen atoms in total. The van der Waals surface area contributed by atoms with Crippen LogP contribution in [0.1, 0.15) is 48.6 Å². The summed E-state index contributed by atoms with van der Waals surface area (Å²) in [5.41, 5.74) is 2.27. The predicted octanol–water partition coefficient (Wildman–Crippen LogP) is 5.07. The molecular formula is C26H30N4O4S. The van der Waals surface area contributed by atoms with Crippen molar-refractivity contribution in [1.29, 1.82) is 0 Å². The Morgan fingerprint density at radius 2 is 1.83 bits per heavy atom. The van der Waals surface area contributed by atoms with Crippen LogP contribution in [0.4, 0.5) is 5.69 Å². The summed E-state index contributed by atoms with van der Waals surface area (Å²) in [6.45, 7) is 10.4. The van der Waals surface area contributed by atoms with E-state index in [1.807, 2.05) is 35.8 Å². The minimum absolute atomic E-state index is 0.141. The molecule has 3 rings (SSSR count). The van der Waals surface area contributed by atoms with Crippen LogP contribution in [0.2, 0.25) is 0 Å². The molecule has 0 saturated heterocycles. The van der Waals surface area contributed by atoms with E-state index in [9.17, 15) is 9.59 Å². The van der Waals surface area contributed by atoms with Crippen LogP contribution < -0.4 is 10.1 Å². The summed E-state index contributed by atoms with van der Waals surface area (Å²) in [5.74, 6) is 0.957. The third-order valence-corrected chi connectivity index (χ3v) is 6.04. The standard InChI is InChI=1S/C26H30N4O4S/c1-5-16-30-24(18(4)34-22-14-8-19(6-2)9-15-22)28-29-26(30)35-17-23(31)27-21-12-10-20(11-13-21)25(32)33-7-3/h5,8-15,18H,1,6-7,16-17H2,2-4H3,(H,27,31). The number of nitrogens with one attached hydrogen (secondary N) is 1. The maximum atomic E-state index is 12.5. The number of anilines is 1. The number of hydrogen-bond acceptors (Lipinski definition) is 7. The zero-order valence-electron chi connectivity index (χ0n) is 20.2. The highest BCUT2D eigenvalue weighted by Crippen LogP contribution is 2.25. The molecule has 0 fully saturated rings. The van der Waals surface area contributed by atoms with Gasteiger partial charge in [0.25, 0.3) is 0 Å². The quantitative estimate of drug-likeness (QED) is 0.213. The first kappa shape index (κ1) is 26.0. The van der Waals surface area contributed by atoms with E-state index < -0.39 is 5.97 Å². The molecule has 1 N–H and O–H groups in total. The highest BCUT2D eigenvalue weighted by Gasteiger charge is 2.20. The monoisotopic (exact) mass is 494 g/mol. The molecule has 35 heavy (non-hydrogen) atoms. The van der Waals surface area contributed by atoms with Gasteiger partial charge in [-0.05, 0) is 62.2 Å². The Hall–Kier alpha value is -3.59. The Morgan fingerprint density at radius 3 is 2.46 bits per heavy atom. The van der Waals surface area contributed by atoms with Crippen LogP contribution in [-0.4, -0.2) is 39.0 Å². The van der Waals surface area contributed by atoms with Gasteiger partial charge in [-0.3, -0.25) is 9.36 Å². The molecule has 9 heteroatoms. The van der Waals surface area contributed by atoms with E-state index in [1.165, 1.54) is 17.3 Å². The normalized spacial score (nSPS) is 11.5. The molecule has 1 heterocycles. The van der Waals surface area contributed by atoms with E-state index in [4.69, 9.17) is 9.47 Å². The van der Waals surface area contributed by atoms with Gasteiger partial charge < -0.3 is 14.8 Å². The second-order valence-corrected chi connectivity index (χ2v) is 8.57. The summed E-state index contributed by atoms with van der Waals surface area (Å²) < 4.78 is 12.9. The van der Waals surface area contributed by atoms with E-state index in [-0.39, 0.29) is 17.8 Å². The van der Waals surface area contributed by atoms with E-state index >= 15 is 0 Å². The number of ether oxygens (including phenoxy) is 2. The van der Waals surface area contributed by atoms with Gasteiger partial charge in [0.05, 0.1) is 17.9 Å². The Balaban J connectivity index is 1.61. The first-order chi connectivity index (χ1) is 16.9. The molecule has 0 spiro atoms. The van der Waals surface area contributed by atoms with Gasteiger partial charge in [-0.2, -0.15) is 0 Å². The first-order valence-electron chi connectivity index (χ1n) is 11.4. The second kappa shape index (κ2) is 12.8. The van der Waals surface area contributed by atoms with Crippen molar-refractivity contribution in [3.05, 3.63) is 78.1 Å². The highest BCUT2D eigenvalue weighted by molar-refractivity contribution is 7.99. The number of thioether (sulfide) groups is 1. The van der Waals surface area contributed by atoms with E-state index in [2.05, 4.69) is 29.0 Å². The fourth-order valence-electron chi connectivity index (χ4n) is 3.30. The molecule has 0 bridgehead atoms. The fourth-order valence-corrected chi connectivity index (χ4v) is 4.05. The Bertz CT molecular complexity index is 1140. The number of carbonyl (C=O) groups excluding carboxylic acids is 2. The lowest BCUT2D eigenvalue weighted by Gasteiger charge is -2.16. The number of amides is 1. The summed E-state index contributed by atoms with van der Waals surface area (Å²) >= 11 is 1.28. The van der Waals surface area contributed by atoms with Gasteiger partial charge in [0.15, 0.2) is 17.1 Å². The molecule has 1 atom stereocenters. The zero-order chi connectivity index (χ0) is 25.2. The summed E-state index contributed by atoms with van der Waals surface area (Å²) in [7, 11) is 0. The van der Waals surface area contributed by atoms with Gasteiger partial charge in [0.1, 0.15) is 5.75 Å². The number of hydrogen-bond donors (Lipinski definition) is 1. The Kier molecular flexibility index (Phi) is 9.48. The Labute approximate surface area is 209 Å². The average Bonchev–Trinajstić information content (AvgIpc) is 3.26. The minimum atomic E-state index is -0.394. The number of benzene rings is 2. The molecule has 0 aliphatic rings. The third-order valence-electron chi connectivity index (χ3n) is 5.08. The summed E-state index contributed by atoms with van der Waals surface area (Å²) in [6.07, 6.45) is 2.39. The van der Waals surface area contributed by atoms with Gasteiger partial charge in [0, 0.05) is 12.2 Å². The lowest BCUT2D eigenvalue weighted by atomic mass is 10.2. The lowest BCUT2D eigenvalue weighted by Crippen LogP contribution is -2.15. The van der Waals surface area contributed by atoms with Crippen LogP contribution >= 0.6 is 11.8 Å². The van der Waals surface area contributed by atoms with Gasteiger partial charge in [-0.15, -0.1) is 16.8 Å². The SMILES string of the molecule is C=CCn1c(SCC(=O)Nc2ccc(C(=O)OCC)cc2)nnc1C(C)Oc1ccc(CC)cc1. The van der Waals surface area contributed by atoms with Crippen LogP contribution in [0, 0.1) is 0 Å². The molecule has 1 unspecified atom stereocenters. The predicted molar refractivity (Wildman–Crippen MR) is 137 cm³/mol. The largest absolute Gasteiger partial charge is 0.483 e. The van der Waals surface area contributed by atoms with Crippen molar-refractivity contribution in [3.8, 4) is 5.75 Å². The number of rotatable bonds is 12. The second-order valence-electron chi connectivity index (χ2n) is 7.63. The number of esters is 1. The fraction of sp³-hybridized carbons (Fsp3) is 0.308. The van der Waals surface area contributed by atoms with Gasteiger partial charge in [0.2, 0.25) is 5.91 Å². The average molecular weight is 495 g/mol. The molecule has 0 aliphatic carbocycles. The highest BCUT2D eigenvalue weighted by atomic mass is 32.2. The van der Waals surface area contributed by atoms with Gasteiger partial charge in [-0.25, -0.2) is 4.79 Å². The van der Waals surface area contributed by atoms with E-state index in [0.717, 1.165) is 12.2 Å². The van der Waals surface area contributed by atoms with Crippen LogP contribution in [0.3, 0.4) is 0 Å². The van der Waals surface area contributed by atoms with E-state index in [0.29, 0.717) is 35.4 Å². The topological polar surface area (TPSA) is 95.3 Å². The van der Waals surface area contributed by atoms with Crippen LogP contribution in [0.15, 0.2) is 66.3 Å². The number of carbonyl (C=O) groups is 2. The number of aryl methyl sites for hydroxylation is 1. The van der Waals surface area contributed by atoms with E-state index in [1.54, 1.807) is 37.3 Å². The van der Waals surface area contributed by atoms with Gasteiger partial charge in [-0.1, -0.05) is 36.9 Å². The van der Waals surface area contributed by atoms with Crippen LogP contribution in [0.25, 0.3) is 0 Å². The van der Waals surface area contributed by atoms with Crippen molar-refractivity contribution in [2.45, 2.75) is 45.0 Å². The van der Waals surface area contributed by atoms with Crippen molar-refractivity contribution in [2.24, 2.45) is 0 Å². The van der Waals surface area contributed by atoms with Gasteiger partial charge >= 0.3 is 5.97 Å². The lowest BCUT2D eigenvalue weighted by molar-refractivity contribution is -0.113. The molecule has 1 aromatic heterocycles. The maximum absolute atomic E-state index is 12.5. The molecular weight excluding hydrogens is 464 g/mol. The molecule has 0 radical (unpaired) electrons. The minimum Gasteiger partial charge on any atom is -0.483 e. The summed E-state index contributed by atoms with van der Waals surface area (Å²) in [6, 6.07) is 14.5. The number of nitrogens with zero attached hydrogens (tertiary/aromatic N) is 3. The van der Waals surface area contributed by atoms with Crippen molar-refractivity contribution in [3.63, 3.8) is 0 Å². The van der Waals surface area contributed by atoms with Crippen LogP contribution in [0.5, 0.6) is 5.75 Å². The summed E-state index contributed by atoms with van der Waals surface area (Å²) in [4.78, 5) is 24.2. The van der Waals surface area contributed by atoms with Crippen LogP contribution in [-0.2, 0) is 22.5 Å². The molecule has 2 aromatic carbocycles. The molecule has 0 saturated carbocycles. The van der Waals surface area contributed by atoms with Crippen molar-refractivity contribution in [2.75, 3.05) is 17.7 Å².